The Balaban J connectivity index is 0.00000202. The van der Waals surface area contributed by atoms with E-state index in [9.17, 15) is 9.59 Å². The lowest BCUT2D eigenvalue weighted by molar-refractivity contribution is -0.956. The fraction of sp³-hybridized carbons (Fsp3) is 0.667. The van der Waals surface area contributed by atoms with Crippen molar-refractivity contribution in [2.45, 2.75) is 179 Å². The molecule has 0 saturated carbocycles. The van der Waals surface area contributed by atoms with Crippen molar-refractivity contribution in [1.29, 1.82) is 0 Å². The van der Waals surface area contributed by atoms with E-state index in [0.717, 1.165) is 32.1 Å². The zero-order chi connectivity index (χ0) is 37.8. The molecule has 8 nitrogen and oxygen atoms in total. The molecule has 0 amide bonds. The molecule has 3 fully saturated rings. The van der Waals surface area contributed by atoms with Crippen LogP contribution in [0.5, 0.6) is 0 Å². The van der Waals surface area contributed by atoms with Gasteiger partial charge in [0.1, 0.15) is 6.10 Å². The van der Waals surface area contributed by atoms with Crippen molar-refractivity contribution in [1.82, 2.24) is 0 Å². The number of piperidine rings is 1. The number of hydrogen-bond donors (Lipinski definition) is 0. The van der Waals surface area contributed by atoms with Crippen LogP contribution in [0.2, 0.25) is 0 Å². The normalized spacial score (nSPS) is 20.7. The Labute approximate surface area is 319 Å². The first-order chi connectivity index (χ1) is 25.9. The maximum absolute atomic E-state index is 14.7. The molecule has 0 N–H and O–H groups in total. The lowest BCUT2D eigenvalue weighted by atomic mass is 9.85. The molecule has 2 bridgehead atoms. The van der Waals surface area contributed by atoms with E-state index >= 15 is 0 Å². The summed E-state index contributed by atoms with van der Waals surface area (Å²) in [5.74, 6) is -0.688. The number of esters is 2. The van der Waals surface area contributed by atoms with Crippen LogP contribution in [0.25, 0.3) is 0 Å². The molecule has 294 valence electrons. The summed E-state index contributed by atoms with van der Waals surface area (Å²) in [6.45, 7) is 6.26. The fourth-order valence-electron chi connectivity index (χ4n) is 9.35. The summed E-state index contributed by atoms with van der Waals surface area (Å²) in [7, 11) is 0. The van der Waals surface area contributed by atoms with Crippen LogP contribution in [0, 0.1) is 0 Å². The van der Waals surface area contributed by atoms with Crippen molar-refractivity contribution in [3.05, 3.63) is 71.8 Å². The molecule has 3 atom stereocenters. The molecule has 1 spiro atoms. The van der Waals surface area contributed by atoms with Gasteiger partial charge in [-0.1, -0.05) is 152 Å². The quantitative estimate of drug-likeness (QED) is 0.0392. The SMILES string of the molecule is CCCCCCCCCCCCCCCC(=O)OC(CC)OC(C(=O)OC1CC2CCC(C1)[N+]21CCCC1)(c1ccccc1)c1ccccc1.O=C[O-]. The summed E-state index contributed by atoms with van der Waals surface area (Å²) in [5.41, 5.74) is -0.192. The molecule has 2 aromatic carbocycles. The number of carbonyl (C=O) groups is 3. The number of quaternary nitrogens is 1. The minimum Gasteiger partial charge on any atom is -0.554 e. The van der Waals surface area contributed by atoms with E-state index in [2.05, 4.69) is 6.92 Å². The van der Waals surface area contributed by atoms with Gasteiger partial charge in [0.05, 0.1) is 25.2 Å². The van der Waals surface area contributed by atoms with Gasteiger partial charge in [-0.05, 0) is 17.5 Å². The van der Waals surface area contributed by atoms with E-state index in [1.54, 1.807) is 0 Å². The highest BCUT2D eigenvalue weighted by atomic mass is 16.7. The maximum Gasteiger partial charge on any atom is 0.348 e. The molecule has 5 rings (SSSR count). The number of unbranched alkanes of at least 4 members (excludes halogenated alkanes) is 12. The summed E-state index contributed by atoms with van der Waals surface area (Å²) >= 11 is 0. The Kier molecular flexibility index (Phi) is 18.3. The van der Waals surface area contributed by atoms with Crippen LogP contribution in [-0.2, 0) is 34.2 Å². The predicted molar refractivity (Wildman–Crippen MR) is 206 cm³/mol. The van der Waals surface area contributed by atoms with Crippen molar-refractivity contribution in [3.8, 4) is 0 Å². The molecule has 3 aliphatic rings. The lowest BCUT2D eigenvalue weighted by Crippen LogP contribution is -2.60. The molecule has 53 heavy (non-hydrogen) atoms. The Bertz CT molecular complexity index is 1270. The number of carbonyl (C=O) groups excluding carboxylic acids is 3. The number of rotatable bonds is 22. The van der Waals surface area contributed by atoms with E-state index in [0.29, 0.717) is 36.1 Å². The van der Waals surface area contributed by atoms with Crippen LogP contribution in [-0.4, -0.2) is 60.5 Å². The highest BCUT2D eigenvalue weighted by Crippen LogP contribution is 2.47. The standard InChI is InChI=1S/C44H66NO5.CH2O2/c1-3-5-6-7-8-9-10-11-12-13-14-15-22-29-41(46)49-42(4-2)50-44(36-25-18-16-19-26-36,37-27-20-17-21-28-37)43(47)48-40-34-38-30-31-39(35-40)45(38)32-23-24-33-45;2-1-3/h16-21,25-28,38-40,42H,3-15,22-24,29-35H2,1-2H3;1H,(H,2,3)/q+1;/p-1. The Hall–Kier alpha value is -3.23. The largest absolute Gasteiger partial charge is 0.554 e. The molecule has 0 aromatic heterocycles. The summed E-state index contributed by atoms with van der Waals surface area (Å²) in [5, 5.41) is 8.25. The Morgan fingerprint density at radius 2 is 1.21 bits per heavy atom. The van der Waals surface area contributed by atoms with Gasteiger partial charge in [-0.15, -0.1) is 0 Å². The van der Waals surface area contributed by atoms with Crippen LogP contribution in [0.3, 0.4) is 0 Å². The molecule has 3 aliphatic heterocycles. The molecule has 0 aliphatic carbocycles. The first-order valence-electron chi connectivity index (χ1n) is 21.0. The first-order valence-corrected chi connectivity index (χ1v) is 21.0. The smallest absolute Gasteiger partial charge is 0.348 e. The van der Waals surface area contributed by atoms with E-state index in [1.807, 2.05) is 67.6 Å². The maximum atomic E-state index is 14.7. The van der Waals surface area contributed by atoms with Crippen molar-refractivity contribution in [2.75, 3.05) is 13.1 Å². The summed E-state index contributed by atoms with van der Waals surface area (Å²) in [6, 6.07) is 20.4. The summed E-state index contributed by atoms with van der Waals surface area (Å²) < 4.78 is 20.6. The van der Waals surface area contributed by atoms with Crippen LogP contribution < -0.4 is 5.11 Å². The highest BCUT2D eigenvalue weighted by Gasteiger charge is 2.57. The number of carboxylic acid groups (broad SMARTS) is 1. The van der Waals surface area contributed by atoms with Crippen molar-refractivity contribution in [2.24, 2.45) is 0 Å². The van der Waals surface area contributed by atoms with Gasteiger partial charge in [0.15, 0.2) is 0 Å². The number of benzene rings is 2. The van der Waals surface area contributed by atoms with Crippen molar-refractivity contribution >= 4 is 18.4 Å². The van der Waals surface area contributed by atoms with Gasteiger partial charge in [0.2, 0.25) is 11.9 Å². The van der Waals surface area contributed by atoms with E-state index < -0.39 is 24.3 Å². The molecule has 3 unspecified atom stereocenters. The summed E-state index contributed by atoms with van der Waals surface area (Å²) in [4.78, 5) is 36.1. The van der Waals surface area contributed by atoms with Crippen LogP contribution in [0.15, 0.2) is 60.7 Å². The van der Waals surface area contributed by atoms with Gasteiger partial charge in [0.25, 0.3) is 0 Å². The third-order valence-electron chi connectivity index (χ3n) is 12.1. The molecule has 3 heterocycles. The molecule has 2 aromatic rings. The zero-order valence-electron chi connectivity index (χ0n) is 32.7. The van der Waals surface area contributed by atoms with Gasteiger partial charge in [0, 0.05) is 57.8 Å². The predicted octanol–water partition coefficient (Wildman–Crippen LogP) is 8.92. The number of nitrogens with zero attached hydrogens (tertiary/aromatic N) is 1. The zero-order valence-corrected chi connectivity index (χ0v) is 32.7. The molecule has 8 heteroatoms. The molecular formula is C45H67NO7. The van der Waals surface area contributed by atoms with Crippen molar-refractivity contribution in [3.63, 3.8) is 0 Å². The van der Waals surface area contributed by atoms with Crippen LogP contribution in [0.1, 0.15) is 160 Å². The monoisotopic (exact) mass is 733 g/mol. The second-order valence-corrected chi connectivity index (χ2v) is 15.6. The van der Waals surface area contributed by atoms with Gasteiger partial charge < -0.3 is 28.6 Å². The first kappa shape index (κ1) is 42.5. The topological polar surface area (TPSA) is 102 Å². The fourth-order valence-corrected chi connectivity index (χ4v) is 9.35. The molecular weight excluding hydrogens is 666 g/mol. The number of hydrogen-bond acceptors (Lipinski definition) is 7. The summed E-state index contributed by atoms with van der Waals surface area (Å²) in [6.07, 6.45) is 23.0. The lowest BCUT2D eigenvalue weighted by Gasteiger charge is -2.47. The average Bonchev–Trinajstić information content (AvgIpc) is 3.72. The van der Waals surface area contributed by atoms with Gasteiger partial charge >= 0.3 is 11.9 Å². The minimum absolute atomic E-state index is 0.141. The Morgan fingerprint density at radius 1 is 0.755 bits per heavy atom. The van der Waals surface area contributed by atoms with Crippen LogP contribution in [0.4, 0.5) is 0 Å². The second-order valence-electron chi connectivity index (χ2n) is 15.6. The molecule has 3 saturated heterocycles. The van der Waals surface area contributed by atoms with Gasteiger partial charge in [-0.3, -0.25) is 4.79 Å². The van der Waals surface area contributed by atoms with Gasteiger partial charge in [-0.25, -0.2) is 4.79 Å². The minimum atomic E-state index is -1.56. The van der Waals surface area contributed by atoms with E-state index in [4.69, 9.17) is 24.1 Å². The van der Waals surface area contributed by atoms with Gasteiger partial charge in [-0.2, -0.15) is 0 Å². The third-order valence-corrected chi connectivity index (χ3v) is 12.1. The second kappa shape index (κ2) is 22.9. The van der Waals surface area contributed by atoms with Crippen LogP contribution >= 0.6 is 0 Å². The average molecular weight is 734 g/mol. The Morgan fingerprint density at radius 3 is 1.66 bits per heavy atom. The molecule has 0 radical (unpaired) electrons. The third kappa shape index (κ3) is 11.9. The van der Waals surface area contributed by atoms with E-state index in [1.165, 1.54) is 107 Å². The van der Waals surface area contributed by atoms with E-state index in [-0.39, 0.29) is 12.1 Å². The van der Waals surface area contributed by atoms with Crippen molar-refractivity contribution < 1.29 is 38.2 Å². The number of ether oxygens (including phenoxy) is 3. The highest BCUT2D eigenvalue weighted by molar-refractivity contribution is 5.86.